The number of carboxylic acid groups (broad SMARTS) is 1. The SMILES string of the molecule is Cc1nnc2n1[C@@H](Cc1ccccc1)C(=O)N(C)C2.O=CO. The van der Waals surface area contributed by atoms with Crippen molar-refractivity contribution >= 4 is 12.4 Å². The Morgan fingerprint density at radius 1 is 1.32 bits per heavy atom. The molecule has 1 aliphatic heterocycles. The lowest BCUT2D eigenvalue weighted by molar-refractivity contribution is -0.136. The Balaban J connectivity index is 0.000000545. The van der Waals surface area contributed by atoms with E-state index in [1.165, 1.54) is 0 Å². The highest BCUT2D eigenvalue weighted by Gasteiger charge is 2.33. The molecule has 7 heteroatoms. The van der Waals surface area contributed by atoms with Gasteiger partial charge >= 0.3 is 0 Å². The van der Waals surface area contributed by atoms with Crippen LogP contribution in [-0.2, 0) is 22.6 Å². The molecule has 2 heterocycles. The van der Waals surface area contributed by atoms with Gasteiger partial charge in [-0.05, 0) is 12.5 Å². The summed E-state index contributed by atoms with van der Waals surface area (Å²) in [4.78, 5) is 22.5. The van der Waals surface area contributed by atoms with Crippen LogP contribution in [0.25, 0.3) is 0 Å². The molecule has 0 spiro atoms. The summed E-state index contributed by atoms with van der Waals surface area (Å²) in [6.45, 7) is 2.18. The Morgan fingerprint density at radius 2 is 1.95 bits per heavy atom. The fraction of sp³-hybridized carbons (Fsp3) is 0.333. The molecule has 0 aliphatic carbocycles. The number of fused-ring (bicyclic) bond motifs is 1. The first-order valence-electron chi connectivity index (χ1n) is 6.85. The van der Waals surface area contributed by atoms with Gasteiger partial charge in [-0.25, -0.2) is 0 Å². The number of carbonyl (C=O) groups excluding carboxylic acids is 1. The number of carbonyl (C=O) groups is 2. The predicted molar refractivity (Wildman–Crippen MR) is 79.1 cm³/mol. The molecule has 0 radical (unpaired) electrons. The Hall–Kier alpha value is -2.70. The third-order valence-corrected chi connectivity index (χ3v) is 3.56. The molecule has 2 aromatic rings. The number of hydrogen-bond acceptors (Lipinski definition) is 4. The average molecular weight is 302 g/mol. The summed E-state index contributed by atoms with van der Waals surface area (Å²) in [6, 6.07) is 9.82. The maximum atomic E-state index is 12.4. The van der Waals surface area contributed by atoms with Gasteiger partial charge in [-0.3, -0.25) is 9.59 Å². The maximum Gasteiger partial charge on any atom is 0.290 e. The zero-order chi connectivity index (χ0) is 16.1. The summed E-state index contributed by atoms with van der Waals surface area (Å²) in [6.07, 6.45) is 0.676. The van der Waals surface area contributed by atoms with E-state index in [9.17, 15) is 4.79 Å². The van der Waals surface area contributed by atoms with E-state index in [1.807, 2.05) is 48.9 Å². The van der Waals surface area contributed by atoms with Gasteiger partial charge in [0.1, 0.15) is 11.9 Å². The molecule has 0 unspecified atom stereocenters. The number of hydrogen-bond donors (Lipinski definition) is 1. The minimum atomic E-state index is -0.250. The highest BCUT2D eigenvalue weighted by molar-refractivity contribution is 5.81. The van der Waals surface area contributed by atoms with E-state index in [1.54, 1.807) is 4.90 Å². The largest absolute Gasteiger partial charge is 0.483 e. The standard InChI is InChI=1S/C14H16N4O.CH2O2/c1-10-15-16-13-9-17(2)14(19)12(18(10)13)8-11-6-4-3-5-7-11;2-1-3/h3-7,12H,8-9H2,1-2H3;1H,(H,2,3)/t12-;/m0./s1. The molecule has 0 fully saturated rings. The molecule has 116 valence electrons. The summed E-state index contributed by atoms with van der Waals surface area (Å²) in [5.74, 6) is 1.79. The number of benzene rings is 1. The van der Waals surface area contributed by atoms with Gasteiger partial charge in [0, 0.05) is 13.5 Å². The van der Waals surface area contributed by atoms with Crippen LogP contribution >= 0.6 is 0 Å². The van der Waals surface area contributed by atoms with Crippen molar-refractivity contribution in [3.8, 4) is 0 Å². The second-order valence-electron chi connectivity index (χ2n) is 5.04. The van der Waals surface area contributed by atoms with E-state index in [-0.39, 0.29) is 18.4 Å². The predicted octanol–water partition coefficient (Wildman–Crippen LogP) is 1.04. The van der Waals surface area contributed by atoms with Crippen molar-refractivity contribution < 1.29 is 14.7 Å². The first-order chi connectivity index (χ1) is 10.6. The highest BCUT2D eigenvalue weighted by atomic mass is 16.3. The van der Waals surface area contributed by atoms with Crippen LogP contribution in [0.1, 0.15) is 23.3 Å². The molecule has 3 rings (SSSR count). The number of aryl methyl sites for hydroxylation is 1. The van der Waals surface area contributed by atoms with Crippen LogP contribution in [0.15, 0.2) is 30.3 Å². The van der Waals surface area contributed by atoms with E-state index in [0.717, 1.165) is 17.2 Å². The van der Waals surface area contributed by atoms with Crippen LogP contribution in [0.5, 0.6) is 0 Å². The zero-order valence-electron chi connectivity index (χ0n) is 12.5. The van der Waals surface area contributed by atoms with Gasteiger partial charge in [-0.15, -0.1) is 10.2 Å². The molecule has 1 amide bonds. The fourth-order valence-electron chi connectivity index (χ4n) is 2.60. The molecule has 1 aromatic carbocycles. The Kier molecular flexibility index (Phi) is 4.88. The van der Waals surface area contributed by atoms with Crippen LogP contribution < -0.4 is 0 Å². The van der Waals surface area contributed by atoms with Crippen molar-refractivity contribution in [3.63, 3.8) is 0 Å². The van der Waals surface area contributed by atoms with Crippen molar-refractivity contribution in [2.45, 2.75) is 25.9 Å². The van der Waals surface area contributed by atoms with Gasteiger partial charge in [0.25, 0.3) is 6.47 Å². The normalized spacial score (nSPS) is 16.5. The van der Waals surface area contributed by atoms with Crippen LogP contribution in [0.3, 0.4) is 0 Å². The molecular weight excluding hydrogens is 284 g/mol. The Morgan fingerprint density at radius 3 is 2.59 bits per heavy atom. The van der Waals surface area contributed by atoms with E-state index in [0.29, 0.717) is 13.0 Å². The van der Waals surface area contributed by atoms with Gasteiger partial charge in [0.05, 0.1) is 6.54 Å². The van der Waals surface area contributed by atoms with Crippen molar-refractivity contribution in [3.05, 3.63) is 47.5 Å². The zero-order valence-corrected chi connectivity index (χ0v) is 12.5. The minimum Gasteiger partial charge on any atom is -0.483 e. The second-order valence-corrected chi connectivity index (χ2v) is 5.04. The summed E-state index contributed by atoms with van der Waals surface area (Å²) in [7, 11) is 1.81. The van der Waals surface area contributed by atoms with Crippen LogP contribution in [0.2, 0.25) is 0 Å². The second kappa shape index (κ2) is 6.84. The van der Waals surface area contributed by atoms with Gasteiger partial charge in [0.15, 0.2) is 5.82 Å². The summed E-state index contributed by atoms with van der Waals surface area (Å²) in [5, 5.41) is 15.1. The Labute approximate surface area is 128 Å². The molecule has 7 nitrogen and oxygen atoms in total. The van der Waals surface area contributed by atoms with E-state index in [4.69, 9.17) is 9.90 Å². The summed E-state index contributed by atoms with van der Waals surface area (Å²) >= 11 is 0. The number of rotatable bonds is 2. The topological polar surface area (TPSA) is 88.3 Å². The smallest absolute Gasteiger partial charge is 0.290 e. The first-order valence-corrected chi connectivity index (χ1v) is 6.85. The highest BCUT2D eigenvalue weighted by Crippen LogP contribution is 2.25. The Bertz CT molecular complexity index is 654. The lowest BCUT2D eigenvalue weighted by Crippen LogP contribution is -2.41. The lowest BCUT2D eigenvalue weighted by atomic mass is 10.0. The first kappa shape index (κ1) is 15.7. The van der Waals surface area contributed by atoms with Crippen molar-refractivity contribution in [1.29, 1.82) is 0 Å². The van der Waals surface area contributed by atoms with Crippen LogP contribution in [0, 0.1) is 6.92 Å². The fourth-order valence-corrected chi connectivity index (χ4v) is 2.60. The van der Waals surface area contributed by atoms with E-state index in [2.05, 4.69) is 10.2 Å². The molecular formula is C15H18N4O3. The molecule has 0 saturated carbocycles. The number of likely N-dealkylation sites (N-methyl/N-ethyl adjacent to an activating group) is 1. The summed E-state index contributed by atoms with van der Waals surface area (Å²) < 4.78 is 1.97. The van der Waals surface area contributed by atoms with Crippen molar-refractivity contribution in [2.24, 2.45) is 0 Å². The van der Waals surface area contributed by atoms with Crippen LogP contribution in [-0.4, -0.2) is 44.2 Å². The lowest BCUT2D eigenvalue weighted by Gasteiger charge is -2.31. The molecule has 1 N–H and O–H groups in total. The van der Waals surface area contributed by atoms with Gasteiger partial charge in [0.2, 0.25) is 5.91 Å². The monoisotopic (exact) mass is 302 g/mol. The third kappa shape index (κ3) is 3.13. The number of aromatic nitrogens is 3. The quantitative estimate of drug-likeness (QED) is 0.837. The summed E-state index contributed by atoms with van der Waals surface area (Å²) in [5.41, 5.74) is 1.15. The van der Waals surface area contributed by atoms with Crippen molar-refractivity contribution in [1.82, 2.24) is 19.7 Å². The average Bonchev–Trinajstić information content (AvgIpc) is 2.86. The maximum absolute atomic E-state index is 12.4. The molecule has 0 saturated heterocycles. The van der Waals surface area contributed by atoms with Gasteiger partial charge < -0.3 is 14.6 Å². The molecule has 22 heavy (non-hydrogen) atoms. The molecule has 1 atom stereocenters. The van der Waals surface area contributed by atoms with Gasteiger partial charge in [-0.2, -0.15) is 0 Å². The van der Waals surface area contributed by atoms with Crippen LogP contribution in [0.4, 0.5) is 0 Å². The molecule has 1 aliphatic rings. The van der Waals surface area contributed by atoms with E-state index >= 15 is 0 Å². The molecule has 1 aromatic heterocycles. The number of amides is 1. The van der Waals surface area contributed by atoms with E-state index < -0.39 is 0 Å². The van der Waals surface area contributed by atoms with Crippen molar-refractivity contribution in [2.75, 3.05) is 7.05 Å². The number of nitrogens with zero attached hydrogens (tertiary/aromatic N) is 4. The minimum absolute atomic E-state index is 0.124. The van der Waals surface area contributed by atoms with Gasteiger partial charge in [-0.1, -0.05) is 30.3 Å². The molecule has 0 bridgehead atoms. The third-order valence-electron chi connectivity index (χ3n) is 3.56.